The smallest absolute Gasteiger partial charge is 0.269 e. The van der Waals surface area contributed by atoms with Gasteiger partial charge >= 0.3 is 0 Å². The number of nitrogens with two attached hydrogens (primary N) is 2. The zero-order chi connectivity index (χ0) is 49.5. The van der Waals surface area contributed by atoms with Crippen molar-refractivity contribution in [1.29, 1.82) is 10.5 Å². The second kappa shape index (κ2) is 18.2. The second-order valence-electron chi connectivity index (χ2n) is 17.8. The Morgan fingerprint density at radius 3 is 1.93 bits per heavy atom. The highest BCUT2D eigenvalue weighted by Crippen LogP contribution is 2.36. The zero-order valence-electron chi connectivity index (χ0n) is 38.6. The van der Waals surface area contributed by atoms with Crippen LogP contribution in [0.1, 0.15) is 76.8 Å². The molecule has 3 aromatic carbocycles. The molecule has 10 rings (SSSR count). The summed E-state index contributed by atoms with van der Waals surface area (Å²) >= 11 is 0. The third-order valence-corrected chi connectivity index (χ3v) is 11.4. The van der Waals surface area contributed by atoms with Crippen LogP contribution in [0.3, 0.4) is 0 Å². The first-order valence-corrected chi connectivity index (χ1v) is 22.1. The van der Waals surface area contributed by atoms with Gasteiger partial charge in [0.25, 0.3) is 11.8 Å². The van der Waals surface area contributed by atoms with E-state index in [9.17, 15) is 25.1 Å². The molecule has 6 heterocycles. The highest BCUT2D eigenvalue weighted by molar-refractivity contribution is 6.09. The monoisotopic (exact) mass is 933 g/mol. The van der Waals surface area contributed by atoms with Gasteiger partial charge in [-0.3, -0.25) is 14.3 Å². The van der Waals surface area contributed by atoms with Crippen molar-refractivity contribution < 1.29 is 34.0 Å². The Morgan fingerprint density at radius 1 is 0.800 bits per heavy atom. The highest BCUT2D eigenvalue weighted by Gasteiger charge is 2.33. The van der Waals surface area contributed by atoms with E-state index in [1.165, 1.54) is 0 Å². The predicted molar refractivity (Wildman–Crippen MR) is 257 cm³/mol. The molecule has 2 amide bonds. The number of imidazole rings is 2. The van der Waals surface area contributed by atoms with Crippen LogP contribution >= 0.6 is 0 Å². The van der Waals surface area contributed by atoms with Gasteiger partial charge in [-0.2, -0.15) is 15.6 Å². The Balaban J connectivity index is 0.000000174. The summed E-state index contributed by atoms with van der Waals surface area (Å²) in [5.74, 6) is 12.6. The maximum Gasteiger partial charge on any atom is 0.269 e. The van der Waals surface area contributed by atoms with Crippen molar-refractivity contribution in [2.45, 2.75) is 65.1 Å². The molecule has 3 aromatic heterocycles. The number of carbonyl (C=O) groups is 2. The van der Waals surface area contributed by atoms with E-state index < -0.39 is 23.0 Å². The first-order valence-electron chi connectivity index (χ1n) is 22.1. The Kier molecular flexibility index (Phi) is 12.0. The molecule has 0 bridgehead atoms. The minimum atomic E-state index is -1.13. The zero-order valence-corrected chi connectivity index (χ0v) is 38.6. The van der Waals surface area contributed by atoms with Crippen molar-refractivity contribution in [3.8, 4) is 70.1 Å². The number of nitrogens with zero attached hydrogens (tertiary/aromatic N) is 10. The number of hydrazone groups is 1. The van der Waals surface area contributed by atoms with Crippen molar-refractivity contribution in [1.82, 2.24) is 28.9 Å². The molecule has 0 fully saturated rings. The number of benzene rings is 3. The van der Waals surface area contributed by atoms with Gasteiger partial charge in [-0.25, -0.2) is 9.97 Å². The number of carbonyl (C=O) groups excluding carboxylic acids is 2. The fourth-order valence-electron chi connectivity index (χ4n) is 8.26. The Labute approximate surface area is 401 Å². The molecule has 18 heteroatoms. The first-order chi connectivity index (χ1) is 33.4. The molecule has 0 spiro atoms. The summed E-state index contributed by atoms with van der Waals surface area (Å²) in [6, 6.07) is 20.5. The van der Waals surface area contributed by atoms with Gasteiger partial charge in [0.05, 0.1) is 71.4 Å². The second-order valence-corrected chi connectivity index (χ2v) is 17.8. The summed E-state index contributed by atoms with van der Waals surface area (Å²) in [4.78, 5) is 34.0. The normalized spacial score (nSPS) is 15.1. The van der Waals surface area contributed by atoms with Crippen LogP contribution in [0.15, 0.2) is 89.7 Å². The van der Waals surface area contributed by atoms with Crippen molar-refractivity contribution in [3.05, 3.63) is 124 Å². The number of aliphatic hydroxyl groups is 2. The molecule has 1 unspecified atom stereocenters. The quantitative estimate of drug-likeness (QED) is 0.136. The van der Waals surface area contributed by atoms with Crippen LogP contribution in [0.4, 0.5) is 0 Å². The van der Waals surface area contributed by atoms with E-state index in [1.807, 2.05) is 63.9 Å². The number of hydrogen-bond donors (Lipinski definition) is 4. The average Bonchev–Trinajstić information content (AvgIpc) is 4.05. The number of rotatable bonds is 6. The van der Waals surface area contributed by atoms with Crippen molar-refractivity contribution in [2.75, 3.05) is 13.2 Å². The lowest BCUT2D eigenvalue weighted by Crippen LogP contribution is -2.19. The number of amides is 2. The lowest BCUT2D eigenvalue weighted by molar-refractivity contribution is -0.543. The molecule has 18 nitrogen and oxygen atoms in total. The van der Waals surface area contributed by atoms with Gasteiger partial charge in [-0.05, 0) is 99.5 Å². The van der Waals surface area contributed by atoms with Gasteiger partial charge in [0.1, 0.15) is 64.9 Å². The minimum absolute atomic E-state index is 0.0309. The Morgan fingerprint density at radius 2 is 1.37 bits per heavy atom. The maximum absolute atomic E-state index is 12.4. The van der Waals surface area contributed by atoms with Crippen LogP contribution in [-0.2, 0) is 26.2 Å². The standard InChI is InChI=1S/2C26H22N6O3/c1-26(2,34)8-7-16-4-6-22-19(11-16)25-29-23(24(28)33)21(32(25)9-10-35-22)15-31-14-18-5-3-17(13-27)12-20(18)30-31;1-26(2,34)8-7-16-4-6-22-19(11-16)25-30-23(24(28)33)21(31(25)9-10-35-22)15-32-20-12-17(13-27)3-5-18(20)14-29-32/h3-6,11-12,14,18,34H,9-10,15H2,1-2H3,(H-,28,33);3-6,11-12,14,34H,9-10,15H2,1-2H3,(H2,28,33)/p+1. The van der Waals surface area contributed by atoms with E-state index in [-0.39, 0.29) is 30.4 Å². The molecule has 70 heavy (non-hydrogen) atoms. The van der Waals surface area contributed by atoms with E-state index in [2.05, 4.69) is 56.0 Å². The highest BCUT2D eigenvalue weighted by atomic mass is 16.5. The molecular formula is C52H45N12O6+. The molecule has 1 aliphatic carbocycles. The van der Waals surface area contributed by atoms with Gasteiger partial charge in [-0.15, -0.1) is 0 Å². The van der Waals surface area contributed by atoms with Crippen molar-refractivity contribution in [2.24, 2.45) is 22.5 Å². The molecular weight excluding hydrogens is 889 g/mol. The summed E-state index contributed by atoms with van der Waals surface area (Å²) in [5.41, 5.74) is 16.1. The molecule has 3 aliphatic heterocycles. The van der Waals surface area contributed by atoms with Crippen LogP contribution in [-0.4, -0.2) is 91.9 Å². The SMILES string of the molecule is CC(C)(O)C#Cc1ccc2c(c1)-c1nc(C(N)=O)c(C[N+]3=CC4C=CC(C#N)=CC4=N3)n1CCO2.CC(C)(O)C#Cc1ccc2c(c1)-c1nc(C(N)=O)c(Cn3ncc4ccc(C#N)cc43)n1CCO2. The number of allylic oxidation sites excluding steroid dienone is 4. The maximum atomic E-state index is 12.4. The van der Waals surface area contributed by atoms with Gasteiger partial charge in [0, 0.05) is 16.5 Å². The summed E-state index contributed by atoms with van der Waals surface area (Å²) in [7, 11) is 0. The van der Waals surface area contributed by atoms with Crippen LogP contribution < -0.4 is 20.9 Å². The van der Waals surface area contributed by atoms with Crippen LogP contribution in [0.2, 0.25) is 0 Å². The molecule has 348 valence electrons. The molecule has 1 atom stereocenters. The third kappa shape index (κ3) is 9.55. The van der Waals surface area contributed by atoms with Crippen LogP contribution in [0.5, 0.6) is 11.5 Å². The van der Waals surface area contributed by atoms with Crippen molar-refractivity contribution in [3.63, 3.8) is 0 Å². The number of ether oxygens (including phenoxy) is 2. The topological polar surface area (TPSA) is 262 Å². The summed E-state index contributed by atoms with van der Waals surface area (Å²) in [6.45, 7) is 8.65. The van der Waals surface area contributed by atoms with E-state index in [4.69, 9.17) is 26.2 Å². The summed E-state index contributed by atoms with van der Waals surface area (Å²) in [5, 5.41) is 48.3. The fraction of sp³-hybridized carbons (Fsp3) is 0.250. The fourth-order valence-corrected chi connectivity index (χ4v) is 8.26. The number of primary amides is 2. The number of aromatic nitrogens is 6. The number of hydrogen-bond acceptors (Lipinski definition) is 12. The average molecular weight is 934 g/mol. The lowest BCUT2D eigenvalue weighted by atomic mass is 9.97. The van der Waals surface area contributed by atoms with Gasteiger partial charge in [0.15, 0.2) is 17.6 Å². The molecule has 0 saturated heterocycles. The molecule has 0 saturated carbocycles. The largest absolute Gasteiger partial charge is 0.491 e. The molecule has 0 radical (unpaired) electrons. The first kappa shape index (κ1) is 46.1. The molecule has 4 aliphatic rings. The summed E-state index contributed by atoms with van der Waals surface area (Å²) in [6.07, 6.45) is 9.10. The van der Waals surface area contributed by atoms with Gasteiger partial charge in [0.2, 0.25) is 6.54 Å². The van der Waals surface area contributed by atoms with Crippen LogP contribution in [0, 0.1) is 52.3 Å². The minimum Gasteiger partial charge on any atom is -0.491 e. The van der Waals surface area contributed by atoms with Gasteiger partial charge in [-0.1, -0.05) is 34.4 Å². The van der Waals surface area contributed by atoms with Gasteiger partial charge < -0.3 is 40.3 Å². The Bertz CT molecular complexity index is 3530. The van der Waals surface area contributed by atoms with E-state index >= 15 is 0 Å². The number of fused-ring (bicyclic) bond motifs is 8. The van der Waals surface area contributed by atoms with Crippen LogP contribution in [0.25, 0.3) is 33.7 Å². The van der Waals surface area contributed by atoms with E-state index in [0.717, 1.165) is 16.6 Å². The summed E-state index contributed by atoms with van der Waals surface area (Å²) < 4.78 is 19.2. The third-order valence-electron chi connectivity index (χ3n) is 11.4. The molecule has 6 aromatic rings. The molecule has 6 N–H and O–H groups in total. The van der Waals surface area contributed by atoms with E-state index in [0.29, 0.717) is 94.2 Å². The van der Waals surface area contributed by atoms with Crippen molar-refractivity contribution >= 4 is 34.6 Å². The predicted octanol–water partition coefficient (Wildman–Crippen LogP) is 4.19. The number of nitriles is 2. The van der Waals surface area contributed by atoms with E-state index in [1.54, 1.807) is 67.5 Å². The Hall–Kier alpha value is -9.07. The lowest BCUT2D eigenvalue weighted by Gasteiger charge is -2.10.